The van der Waals surface area contributed by atoms with Crippen LogP contribution in [0.1, 0.15) is 0 Å². The maximum atomic E-state index is 6.39. The van der Waals surface area contributed by atoms with E-state index in [4.69, 9.17) is 10.5 Å². The zero-order valence-electron chi connectivity index (χ0n) is 17.3. The summed E-state index contributed by atoms with van der Waals surface area (Å²) in [6.45, 7) is 8.42. The van der Waals surface area contributed by atoms with Gasteiger partial charge in [0.25, 0.3) is 0 Å². The zero-order valence-corrected chi connectivity index (χ0v) is 18.3. The third-order valence-corrected chi connectivity index (χ3v) is 6.80. The number of ether oxygens (including phenoxy) is 1. The van der Waals surface area contributed by atoms with Gasteiger partial charge >= 0.3 is 0 Å². The average Bonchev–Trinajstić information content (AvgIpc) is 3.09. The molecular formula is C23H28N4OSi. The van der Waals surface area contributed by atoms with Gasteiger partial charge in [-0.1, -0.05) is 50.0 Å². The van der Waals surface area contributed by atoms with Crippen LogP contribution in [0.4, 0.5) is 17.1 Å². The summed E-state index contributed by atoms with van der Waals surface area (Å²) in [7, 11) is -1.07. The molecule has 3 N–H and O–H groups in total. The summed E-state index contributed by atoms with van der Waals surface area (Å²) in [6, 6.07) is 19.6. The third-order valence-electron chi connectivity index (χ3n) is 5.10. The lowest BCUT2D eigenvalue weighted by Crippen LogP contribution is -2.21. The van der Waals surface area contributed by atoms with Gasteiger partial charge in [-0.3, -0.25) is 0 Å². The number of nitrogen functional groups attached to an aromatic ring is 1. The van der Waals surface area contributed by atoms with Crippen molar-refractivity contribution in [1.29, 1.82) is 0 Å². The first-order valence-corrected chi connectivity index (χ1v) is 13.7. The molecule has 0 saturated carbocycles. The van der Waals surface area contributed by atoms with Crippen molar-refractivity contribution >= 4 is 46.9 Å². The third kappa shape index (κ3) is 4.44. The molecular weight excluding hydrogens is 376 g/mol. The molecule has 3 aromatic carbocycles. The second kappa shape index (κ2) is 7.89. The lowest BCUT2D eigenvalue weighted by molar-refractivity contribution is 0.0898. The van der Waals surface area contributed by atoms with Gasteiger partial charge in [-0.15, -0.1) is 0 Å². The fourth-order valence-electron chi connectivity index (χ4n) is 3.35. The monoisotopic (exact) mass is 404 g/mol. The van der Waals surface area contributed by atoms with Gasteiger partial charge in [-0.05, 0) is 35.7 Å². The van der Waals surface area contributed by atoms with Crippen molar-refractivity contribution in [2.75, 3.05) is 17.7 Å². The Hall–Kier alpha value is -2.83. The summed E-state index contributed by atoms with van der Waals surface area (Å²) in [5, 5.41) is 5.63. The van der Waals surface area contributed by atoms with Gasteiger partial charge < -0.3 is 20.4 Å². The first-order valence-electron chi connectivity index (χ1n) is 9.98. The molecule has 5 nitrogen and oxygen atoms in total. The molecule has 0 unspecified atom stereocenters. The number of rotatable bonds is 7. The number of hydrogen-bond donors (Lipinski definition) is 2. The standard InChI is InChI=1S/C23H28N4OSi/c1-29(2,3)13-12-28-16-27-15-25-21-14-18(9-11-22(21)27)26-20-10-8-17-6-4-5-7-19(17)23(20)24/h4-11,14-15,26H,12-13,16,24H2,1-3H3. The fraction of sp³-hybridized carbons (Fsp3) is 0.261. The van der Waals surface area contributed by atoms with Gasteiger partial charge in [-0.2, -0.15) is 0 Å². The fourth-order valence-corrected chi connectivity index (χ4v) is 4.10. The van der Waals surface area contributed by atoms with Crippen LogP contribution in [0.5, 0.6) is 0 Å². The molecule has 150 valence electrons. The van der Waals surface area contributed by atoms with Crippen molar-refractivity contribution in [3.63, 3.8) is 0 Å². The number of nitrogens with zero attached hydrogens (tertiary/aromatic N) is 2. The molecule has 0 spiro atoms. The highest BCUT2D eigenvalue weighted by Gasteiger charge is 2.12. The van der Waals surface area contributed by atoms with E-state index in [1.165, 1.54) is 6.04 Å². The van der Waals surface area contributed by atoms with Crippen LogP contribution in [0, 0.1) is 0 Å². The minimum absolute atomic E-state index is 0.533. The van der Waals surface area contributed by atoms with E-state index in [0.29, 0.717) is 6.73 Å². The first kappa shape index (κ1) is 19.5. The number of benzene rings is 3. The molecule has 0 aliphatic heterocycles. The van der Waals surface area contributed by atoms with Gasteiger partial charge in [-0.25, -0.2) is 4.98 Å². The SMILES string of the molecule is C[Si](C)(C)CCOCn1cnc2cc(Nc3ccc4ccccc4c3N)ccc21. The van der Waals surface area contributed by atoms with E-state index in [1.807, 2.05) is 41.2 Å². The predicted octanol–water partition coefficient (Wildman–Crippen LogP) is 5.83. The Bertz CT molecular complexity index is 1150. The highest BCUT2D eigenvalue weighted by atomic mass is 28.3. The highest BCUT2D eigenvalue weighted by Crippen LogP contribution is 2.31. The van der Waals surface area contributed by atoms with Crippen LogP contribution in [-0.4, -0.2) is 24.2 Å². The number of fused-ring (bicyclic) bond motifs is 2. The number of anilines is 3. The molecule has 4 rings (SSSR count). The highest BCUT2D eigenvalue weighted by molar-refractivity contribution is 6.76. The lowest BCUT2D eigenvalue weighted by Gasteiger charge is -2.15. The molecule has 0 radical (unpaired) electrons. The summed E-state index contributed by atoms with van der Waals surface area (Å²) in [5.41, 5.74) is 11.0. The summed E-state index contributed by atoms with van der Waals surface area (Å²) in [4.78, 5) is 4.54. The summed E-state index contributed by atoms with van der Waals surface area (Å²) in [6.07, 6.45) is 1.84. The second-order valence-corrected chi connectivity index (χ2v) is 14.3. The molecule has 6 heteroatoms. The van der Waals surface area contributed by atoms with Crippen LogP contribution in [0.25, 0.3) is 21.8 Å². The Labute approximate surface area is 172 Å². The van der Waals surface area contributed by atoms with Gasteiger partial charge in [0, 0.05) is 25.8 Å². The van der Waals surface area contributed by atoms with Crippen molar-refractivity contribution in [3.05, 3.63) is 60.9 Å². The second-order valence-electron chi connectivity index (χ2n) is 8.64. The zero-order chi connectivity index (χ0) is 20.4. The molecule has 0 saturated heterocycles. The van der Waals surface area contributed by atoms with E-state index in [9.17, 15) is 0 Å². The van der Waals surface area contributed by atoms with Crippen molar-refractivity contribution in [2.24, 2.45) is 0 Å². The molecule has 29 heavy (non-hydrogen) atoms. The largest absolute Gasteiger partial charge is 0.397 e. The Balaban J connectivity index is 1.49. The van der Waals surface area contributed by atoms with E-state index < -0.39 is 8.07 Å². The summed E-state index contributed by atoms with van der Waals surface area (Å²) in [5.74, 6) is 0. The molecule has 0 aliphatic rings. The minimum Gasteiger partial charge on any atom is -0.397 e. The maximum absolute atomic E-state index is 6.39. The van der Waals surface area contributed by atoms with Crippen molar-refractivity contribution in [2.45, 2.75) is 32.4 Å². The molecule has 1 heterocycles. The van der Waals surface area contributed by atoms with Gasteiger partial charge in [0.1, 0.15) is 6.73 Å². The number of nitrogens with two attached hydrogens (primary N) is 1. The Morgan fingerprint density at radius 1 is 1.07 bits per heavy atom. The van der Waals surface area contributed by atoms with E-state index in [0.717, 1.165) is 45.5 Å². The van der Waals surface area contributed by atoms with E-state index in [1.54, 1.807) is 0 Å². The van der Waals surface area contributed by atoms with Crippen LogP contribution in [0.3, 0.4) is 0 Å². The molecule has 0 aliphatic carbocycles. The topological polar surface area (TPSA) is 65.1 Å². The van der Waals surface area contributed by atoms with Crippen LogP contribution in [0.15, 0.2) is 60.9 Å². The quantitative estimate of drug-likeness (QED) is 0.231. The molecule has 0 amide bonds. The Kier molecular flexibility index (Phi) is 5.30. The van der Waals surface area contributed by atoms with Crippen LogP contribution < -0.4 is 11.1 Å². The maximum Gasteiger partial charge on any atom is 0.124 e. The van der Waals surface area contributed by atoms with Gasteiger partial charge in [0.15, 0.2) is 0 Å². The van der Waals surface area contributed by atoms with Crippen molar-refractivity contribution in [3.8, 4) is 0 Å². The van der Waals surface area contributed by atoms with Crippen LogP contribution in [-0.2, 0) is 11.5 Å². The molecule has 0 bridgehead atoms. The molecule has 0 atom stereocenters. The van der Waals surface area contributed by atoms with Gasteiger partial charge in [0.2, 0.25) is 0 Å². The van der Waals surface area contributed by atoms with Crippen LogP contribution in [0.2, 0.25) is 25.7 Å². The Morgan fingerprint density at radius 2 is 1.90 bits per heavy atom. The minimum atomic E-state index is -1.07. The normalized spacial score (nSPS) is 12.0. The molecule has 4 aromatic rings. The van der Waals surface area contributed by atoms with E-state index in [-0.39, 0.29) is 0 Å². The van der Waals surface area contributed by atoms with E-state index in [2.05, 4.69) is 54.2 Å². The molecule has 1 aromatic heterocycles. The smallest absolute Gasteiger partial charge is 0.124 e. The number of hydrogen-bond acceptors (Lipinski definition) is 4. The van der Waals surface area contributed by atoms with Crippen LogP contribution >= 0.6 is 0 Å². The number of imidazole rings is 1. The Morgan fingerprint density at radius 3 is 2.72 bits per heavy atom. The number of nitrogens with one attached hydrogen (secondary N) is 1. The van der Waals surface area contributed by atoms with Crippen molar-refractivity contribution in [1.82, 2.24) is 9.55 Å². The summed E-state index contributed by atoms with van der Waals surface area (Å²) >= 11 is 0. The van der Waals surface area contributed by atoms with E-state index >= 15 is 0 Å². The summed E-state index contributed by atoms with van der Waals surface area (Å²) < 4.78 is 7.92. The van der Waals surface area contributed by atoms with Gasteiger partial charge in [0.05, 0.1) is 28.7 Å². The lowest BCUT2D eigenvalue weighted by atomic mass is 10.1. The number of aromatic nitrogens is 2. The first-order chi connectivity index (χ1) is 13.9. The average molecular weight is 405 g/mol. The predicted molar refractivity (Wildman–Crippen MR) is 125 cm³/mol. The molecule has 0 fully saturated rings. The van der Waals surface area contributed by atoms with Crippen molar-refractivity contribution < 1.29 is 4.74 Å².